The van der Waals surface area contributed by atoms with Crippen LogP contribution in [0, 0.1) is 0 Å². The molecule has 0 aliphatic rings. The van der Waals surface area contributed by atoms with E-state index in [9.17, 15) is 0 Å². The number of benzene rings is 2. The summed E-state index contributed by atoms with van der Waals surface area (Å²) in [6, 6.07) is 20.4. The molecule has 0 saturated heterocycles. The lowest BCUT2D eigenvalue weighted by molar-refractivity contribution is -0.671. The molecule has 2 aromatic carbocycles. The van der Waals surface area contributed by atoms with Crippen LogP contribution in [0.1, 0.15) is 29.2 Å². The molecule has 4 nitrogen and oxygen atoms in total. The highest BCUT2D eigenvalue weighted by atomic mass is 16.5. The molecule has 1 heterocycles. The van der Waals surface area contributed by atoms with Crippen molar-refractivity contribution in [3.05, 3.63) is 83.8 Å². The molecular formula is C22H26NO3+. The largest absolute Gasteiger partial charge is 0.497 e. The number of para-hydroxylation sites is 1. The molecule has 0 amide bonds. The fraction of sp³-hybridized carbons (Fsp3) is 0.273. The van der Waals surface area contributed by atoms with E-state index >= 15 is 0 Å². The number of ether oxygens (including phenoxy) is 2. The Morgan fingerprint density at radius 1 is 0.923 bits per heavy atom. The number of rotatable bonds is 9. The standard InChI is InChI=1S/C22H25NO3/c1-24-18-11-9-17(10-12-18)16-23-14-13-20(22-8-5-15-26-22)19-6-3-4-7-21(19)25-2/h3-12,15,20,23H,13-14,16H2,1-2H3/p+1/t20-/m1/s1. The summed E-state index contributed by atoms with van der Waals surface area (Å²) in [5.74, 6) is 2.97. The van der Waals surface area contributed by atoms with Crippen LogP contribution in [0.3, 0.4) is 0 Å². The van der Waals surface area contributed by atoms with Crippen LogP contribution in [0.2, 0.25) is 0 Å². The smallest absolute Gasteiger partial charge is 0.122 e. The van der Waals surface area contributed by atoms with Crippen molar-refractivity contribution in [2.75, 3.05) is 20.8 Å². The van der Waals surface area contributed by atoms with E-state index in [0.717, 1.165) is 36.8 Å². The third-order valence-electron chi connectivity index (χ3n) is 4.60. The maximum absolute atomic E-state index is 5.71. The Morgan fingerprint density at radius 2 is 1.73 bits per heavy atom. The lowest BCUT2D eigenvalue weighted by Gasteiger charge is -2.17. The molecule has 26 heavy (non-hydrogen) atoms. The van der Waals surface area contributed by atoms with E-state index in [4.69, 9.17) is 13.9 Å². The fourth-order valence-electron chi connectivity index (χ4n) is 3.21. The number of methoxy groups -OCH3 is 2. The molecule has 0 radical (unpaired) electrons. The number of nitrogens with two attached hydrogens (primary N) is 1. The highest BCUT2D eigenvalue weighted by Gasteiger charge is 2.21. The molecule has 3 rings (SSSR count). The molecule has 0 spiro atoms. The summed E-state index contributed by atoms with van der Waals surface area (Å²) < 4.78 is 16.5. The maximum atomic E-state index is 5.71. The summed E-state index contributed by atoms with van der Waals surface area (Å²) in [7, 11) is 3.40. The van der Waals surface area contributed by atoms with E-state index in [1.807, 2.05) is 36.4 Å². The first kappa shape index (κ1) is 18.1. The molecule has 2 N–H and O–H groups in total. The molecule has 0 unspecified atom stereocenters. The van der Waals surface area contributed by atoms with E-state index in [1.165, 1.54) is 11.1 Å². The van der Waals surface area contributed by atoms with Crippen molar-refractivity contribution >= 4 is 0 Å². The van der Waals surface area contributed by atoms with Crippen LogP contribution in [0.25, 0.3) is 0 Å². The minimum atomic E-state index is 0.188. The predicted molar refractivity (Wildman–Crippen MR) is 102 cm³/mol. The van der Waals surface area contributed by atoms with E-state index in [2.05, 4.69) is 29.6 Å². The van der Waals surface area contributed by atoms with Gasteiger partial charge in [0.25, 0.3) is 0 Å². The van der Waals surface area contributed by atoms with Gasteiger partial charge in [-0.05, 0) is 42.5 Å². The first-order valence-electron chi connectivity index (χ1n) is 8.92. The van der Waals surface area contributed by atoms with Crippen LogP contribution in [0.15, 0.2) is 71.3 Å². The van der Waals surface area contributed by atoms with Crippen molar-refractivity contribution in [3.63, 3.8) is 0 Å². The zero-order valence-corrected chi connectivity index (χ0v) is 15.4. The van der Waals surface area contributed by atoms with Gasteiger partial charge in [0.05, 0.1) is 32.9 Å². The summed E-state index contributed by atoms with van der Waals surface area (Å²) in [5, 5.41) is 2.33. The lowest BCUT2D eigenvalue weighted by Crippen LogP contribution is -2.82. The second kappa shape index (κ2) is 9.11. The van der Waals surface area contributed by atoms with Gasteiger partial charge in [-0.25, -0.2) is 0 Å². The van der Waals surface area contributed by atoms with E-state index < -0.39 is 0 Å². The molecule has 0 aliphatic carbocycles. The Labute approximate surface area is 154 Å². The molecule has 1 atom stereocenters. The Hall–Kier alpha value is -2.72. The summed E-state index contributed by atoms with van der Waals surface area (Å²) in [4.78, 5) is 0. The average molecular weight is 352 g/mol. The van der Waals surface area contributed by atoms with Crippen molar-refractivity contribution in [3.8, 4) is 11.5 Å². The summed E-state index contributed by atoms with van der Waals surface area (Å²) in [5.41, 5.74) is 2.46. The summed E-state index contributed by atoms with van der Waals surface area (Å²) >= 11 is 0. The molecule has 1 aromatic heterocycles. The fourth-order valence-corrected chi connectivity index (χ4v) is 3.21. The van der Waals surface area contributed by atoms with Gasteiger partial charge in [-0.3, -0.25) is 0 Å². The second-order valence-electron chi connectivity index (χ2n) is 6.23. The predicted octanol–water partition coefficient (Wildman–Crippen LogP) is 3.58. The first-order chi connectivity index (χ1) is 12.8. The van der Waals surface area contributed by atoms with Gasteiger partial charge in [0, 0.05) is 17.5 Å². The van der Waals surface area contributed by atoms with Crippen LogP contribution in [0.5, 0.6) is 11.5 Å². The Kier molecular flexibility index (Phi) is 6.34. The number of hydrogen-bond donors (Lipinski definition) is 1. The van der Waals surface area contributed by atoms with Crippen molar-refractivity contribution in [1.29, 1.82) is 0 Å². The van der Waals surface area contributed by atoms with E-state index in [1.54, 1.807) is 20.5 Å². The third-order valence-corrected chi connectivity index (χ3v) is 4.60. The first-order valence-corrected chi connectivity index (χ1v) is 8.92. The van der Waals surface area contributed by atoms with E-state index in [0.29, 0.717) is 0 Å². The van der Waals surface area contributed by atoms with Gasteiger partial charge in [-0.15, -0.1) is 0 Å². The molecule has 0 fully saturated rings. The maximum Gasteiger partial charge on any atom is 0.122 e. The van der Waals surface area contributed by atoms with E-state index in [-0.39, 0.29) is 5.92 Å². The van der Waals surface area contributed by atoms with Gasteiger partial charge < -0.3 is 19.2 Å². The Balaban J connectivity index is 1.63. The van der Waals surface area contributed by atoms with Crippen molar-refractivity contribution in [2.24, 2.45) is 0 Å². The third kappa shape index (κ3) is 4.46. The number of hydrogen-bond acceptors (Lipinski definition) is 3. The van der Waals surface area contributed by atoms with Gasteiger partial charge in [-0.2, -0.15) is 0 Å². The zero-order chi connectivity index (χ0) is 18.2. The zero-order valence-electron chi connectivity index (χ0n) is 15.4. The Morgan fingerprint density at radius 3 is 2.42 bits per heavy atom. The highest BCUT2D eigenvalue weighted by molar-refractivity contribution is 5.39. The van der Waals surface area contributed by atoms with Crippen LogP contribution in [-0.2, 0) is 6.54 Å². The SMILES string of the molecule is COc1ccc(C[NH2+]CC[C@@H](c2ccco2)c2ccccc2OC)cc1. The molecule has 4 heteroatoms. The minimum absolute atomic E-state index is 0.188. The van der Waals surface area contributed by atoms with Crippen molar-refractivity contribution in [1.82, 2.24) is 0 Å². The molecule has 3 aromatic rings. The highest BCUT2D eigenvalue weighted by Crippen LogP contribution is 2.34. The normalized spacial score (nSPS) is 11.9. The molecule has 0 aliphatic heterocycles. The molecular weight excluding hydrogens is 326 g/mol. The quantitative estimate of drug-likeness (QED) is 0.599. The molecule has 136 valence electrons. The van der Waals surface area contributed by atoms with Gasteiger partial charge in [0.1, 0.15) is 23.8 Å². The average Bonchev–Trinajstić information content (AvgIpc) is 3.23. The van der Waals surface area contributed by atoms with Crippen LogP contribution < -0.4 is 14.8 Å². The topological polar surface area (TPSA) is 48.2 Å². The minimum Gasteiger partial charge on any atom is -0.497 e. The van der Waals surface area contributed by atoms with Crippen molar-refractivity contribution < 1.29 is 19.2 Å². The van der Waals surface area contributed by atoms with Crippen LogP contribution in [0.4, 0.5) is 0 Å². The van der Waals surface area contributed by atoms with Crippen LogP contribution >= 0.6 is 0 Å². The lowest BCUT2D eigenvalue weighted by atomic mass is 9.92. The van der Waals surface area contributed by atoms with Crippen LogP contribution in [-0.4, -0.2) is 20.8 Å². The van der Waals surface area contributed by atoms with Gasteiger partial charge >= 0.3 is 0 Å². The summed E-state index contributed by atoms with van der Waals surface area (Å²) in [6.45, 7) is 1.94. The molecule has 0 saturated carbocycles. The van der Waals surface area contributed by atoms with Gasteiger partial charge in [-0.1, -0.05) is 18.2 Å². The second-order valence-corrected chi connectivity index (χ2v) is 6.23. The summed E-state index contributed by atoms with van der Waals surface area (Å²) in [6.07, 6.45) is 2.71. The number of furan rings is 1. The number of quaternary nitrogens is 1. The van der Waals surface area contributed by atoms with Gasteiger partial charge in [0.15, 0.2) is 0 Å². The Bertz CT molecular complexity index is 781. The van der Waals surface area contributed by atoms with Gasteiger partial charge in [0.2, 0.25) is 0 Å². The monoisotopic (exact) mass is 352 g/mol. The molecule has 0 bridgehead atoms. The van der Waals surface area contributed by atoms with Crippen molar-refractivity contribution in [2.45, 2.75) is 18.9 Å².